The van der Waals surface area contributed by atoms with E-state index in [1.54, 1.807) is 0 Å². The number of anilines is 2. The number of fused-ring (bicyclic) bond motifs is 1. The summed E-state index contributed by atoms with van der Waals surface area (Å²) in [6, 6.07) is 5.75. The molecule has 1 unspecified atom stereocenters. The van der Waals surface area contributed by atoms with Crippen molar-refractivity contribution in [3.63, 3.8) is 0 Å². The summed E-state index contributed by atoms with van der Waals surface area (Å²) in [5, 5.41) is 16.2. The third-order valence-electron chi connectivity index (χ3n) is 5.05. The number of nitrogens with one attached hydrogen (secondary N) is 1. The summed E-state index contributed by atoms with van der Waals surface area (Å²) >= 11 is 0. The lowest BCUT2D eigenvalue weighted by Crippen LogP contribution is -2.61. The van der Waals surface area contributed by atoms with Gasteiger partial charge in [0.1, 0.15) is 11.6 Å². The lowest BCUT2D eigenvalue weighted by Gasteiger charge is -2.35. The Kier molecular flexibility index (Phi) is 6.41. The molecule has 0 spiro atoms. The summed E-state index contributed by atoms with van der Waals surface area (Å²) in [5.41, 5.74) is -5.24. The van der Waals surface area contributed by atoms with Crippen molar-refractivity contribution >= 4 is 28.1 Å². The highest BCUT2D eigenvalue weighted by molar-refractivity contribution is 6.00. The van der Waals surface area contributed by atoms with Crippen LogP contribution in [0.3, 0.4) is 0 Å². The molecule has 12 heteroatoms. The monoisotopic (exact) mass is 471 g/mol. The third-order valence-corrected chi connectivity index (χ3v) is 5.05. The zero-order valence-corrected chi connectivity index (χ0v) is 17.3. The zero-order valence-electron chi connectivity index (χ0n) is 17.3. The van der Waals surface area contributed by atoms with Gasteiger partial charge in [0.2, 0.25) is 0 Å². The van der Waals surface area contributed by atoms with Crippen molar-refractivity contribution < 1.29 is 36.4 Å². The summed E-state index contributed by atoms with van der Waals surface area (Å²) in [4.78, 5) is 25.1. The van der Waals surface area contributed by atoms with Crippen molar-refractivity contribution in [3.8, 4) is 0 Å². The van der Waals surface area contributed by atoms with Gasteiger partial charge < -0.3 is 19.8 Å². The number of rotatable bonds is 6. The van der Waals surface area contributed by atoms with Gasteiger partial charge in [0.15, 0.2) is 0 Å². The minimum atomic E-state index is -5.47. The Morgan fingerprint density at radius 1 is 1.15 bits per heavy atom. The number of aryl methyl sites for hydroxylation is 1. The second-order valence-corrected chi connectivity index (χ2v) is 7.24. The van der Waals surface area contributed by atoms with Gasteiger partial charge in [-0.05, 0) is 44.2 Å². The average Bonchev–Trinajstić information content (AvgIpc) is 2.75. The summed E-state index contributed by atoms with van der Waals surface area (Å²) in [7, 11) is 0. The van der Waals surface area contributed by atoms with E-state index >= 15 is 0 Å². The number of amides is 1. The van der Waals surface area contributed by atoms with E-state index in [4.69, 9.17) is 0 Å². The first-order chi connectivity index (χ1) is 15.4. The van der Waals surface area contributed by atoms with Crippen LogP contribution in [-0.2, 0) is 4.79 Å². The molecule has 0 saturated heterocycles. The Balaban J connectivity index is 1.97. The fourth-order valence-electron chi connectivity index (χ4n) is 3.20. The zero-order chi connectivity index (χ0) is 24.6. The number of benzene rings is 2. The first-order valence-corrected chi connectivity index (χ1v) is 9.58. The third kappa shape index (κ3) is 4.65. The topological polar surface area (TPSA) is 95.7 Å². The lowest BCUT2D eigenvalue weighted by molar-refractivity contribution is -0.245. The second-order valence-electron chi connectivity index (χ2n) is 7.24. The highest BCUT2D eigenvalue weighted by atomic mass is 19.4. The number of halogens is 5. The van der Waals surface area contributed by atoms with E-state index in [2.05, 4.69) is 9.68 Å². The molecular weight excluding hydrogens is 453 g/mol. The van der Waals surface area contributed by atoms with Gasteiger partial charge in [0.05, 0.1) is 23.3 Å². The number of aromatic nitrogens is 1. The van der Waals surface area contributed by atoms with Crippen molar-refractivity contribution in [2.75, 3.05) is 23.3 Å². The van der Waals surface area contributed by atoms with Crippen LogP contribution in [0.5, 0.6) is 0 Å². The van der Waals surface area contributed by atoms with Crippen molar-refractivity contribution in [2.24, 2.45) is 0 Å². The molecule has 3 rings (SSSR count). The Labute approximate surface area is 183 Å². The van der Waals surface area contributed by atoms with Crippen LogP contribution in [0.25, 0.3) is 10.8 Å². The van der Waals surface area contributed by atoms with Crippen molar-refractivity contribution in [2.45, 2.75) is 25.6 Å². The molecule has 0 radical (unpaired) electrons. The van der Waals surface area contributed by atoms with Crippen LogP contribution in [-0.4, -0.2) is 41.0 Å². The number of aliphatic hydroxyl groups is 1. The minimum Gasteiger partial charge on any atom is -0.371 e. The Morgan fingerprint density at radius 2 is 1.85 bits per heavy atom. The Hall–Kier alpha value is -3.54. The number of alkyl halides is 3. The van der Waals surface area contributed by atoms with Gasteiger partial charge in [0, 0.05) is 23.7 Å². The highest BCUT2D eigenvalue weighted by Crippen LogP contribution is 2.34. The highest BCUT2D eigenvalue weighted by Gasteiger charge is 2.60. The smallest absolute Gasteiger partial charge is 0.371 e. The van der Waals surface area contributed by atoms with E-state index in [0.29, 0.717) is 11.0 Å². The van der Waals surface area contributed by atoms with Crippen LogP contribution in [0.15, 0.2) is 45.7 Å². The molecule has 0 aliphatic carbocycles. The largest absolute Gasteiger partial charge is 0.428 e. The van der Waals surface area contributed by atoms with E-state index in [-0.39, 0.29) is 28.7 Å². The first kappa shape index (κ1) is 24.1. The Morgan fingerprint density at radius 3 is 2.48 bits per heavy atom. The fraction of sp³-hybridized carbons (Fsp3) is 0.286. The van der Waals surface area contributed by atoms with Gasteiger partial charge in [0.25, 0.3) is 11.5 Å². The number of nitrogens with zero attached hydrogens (tertiary/aromatic N) is 2. The van der Waals surface area contributed by atoms with Crippen LogP contribution < -0.4 is 15.8 Å². The van der Waals surface area contributed by atoms with Crippen molar-refractivity contribution in [3.05, 3.63) is 64.1 Å². The summed E-state index contributed by atoms with van der Waals surface area (Å²) in [6.07, 6.45) is -5.47. The molecule has 0 fully saturated rings. The lowest BCUT2D eigenvalue weighted by atomic mass is 10.00. The maximum atomic E-state index is 14.1. The summed E-state index contributed by atoms with van der Waals surface area (Å²) < 4.78 is 73.8. The van der Waals surface area contributed by atoms with E-state index in [0.717, 1.165) is 18.2 Å². The molecule has 2 aromatic carbocycles. The molecule has 0 saturated carbocycles. The van der Waals surface area contributed by atoms with Gasteiger partial charge >= 0.3 is 11.8 Å². The predicted octanol–water partition coefficient (Wildman–Crippen LogP) is 3.53. The van der Waals surface area contributed by atoms with Crippen LogP contribution in [0.1, 0.15) is 12.6 Å². The van der Waals surface area contributed by atoms with Gasteiger partial charge in [-0.3, -0.25) is 4.79 Å². The number of carbonyl (C=O) groups is 1. The predicted molar refractivity (Wildman–Crippen MR) is 109 cm³/mol. The number of carbonyl (C=O) groups excluding carboxylic acids is 1. The average molecular weight is 471 g/mol. The van der Waals surface area contributed by atoms with Crippen LogP contribution in [0.4, 0.5) is 33.3 Å². The molecule has 1 aromatic heterocycles. The minimum absolute atomic E-state index is 0.0883. The molecule has 2 N–H and O–H groups in total. The standard InChI is InChI=1S/C21H18F5N3O4/c1-3-29(17-8-12(22)4-7-16(17)23)10-20(32,21(24,25)26)19(31)27-13-5-6-14-15(9-13)11(2)28-33-18(14)30/h4-9,32H,3,10H2,1-2H3,(H,27,31). The maximum Gasteiger partial charge on any atom is 0.428 e. The van der Waals surface area contributed by atoms with E-state index in [9.17, 15) is 36.6 Å². The fourth-order valence-corrected chi connectivity index (χ4v) is 3.20. The van der Waals surface area contributed by atoms with Gasteiger partial charge in [-0.1, -0.05) is 5.16 Å². The molecular formula is C21H18F5N3O4. The normalized spacial score (nSPS) is 13.6. The van der Waals surface area contributed by atoms with Crippen molar-refractivity contribution in [1.29, 1.82) is 0 Å². The van der Waals surface area contributed by atoms with E-state index in [1.165, 1.54) is 26.0 Å². The van der Waals surface area contributed by atoms with Crippen LogP contribution in [0, 0.1) is 18.6 Å². The van der Waals surface area contributed by atoms with E-state index < -0.39 is 47.2 Å². The second kappa shape index (κ2) is 8.77. The SMILES string of the molecule is CCN(CC(O)(C(=O)Nc1ccc2c(=O)onc(C)c2c1)C(F)(F)F)c1cc(F)ccc1F. The van der Waals surface area contributed by atoms with Gasteiger partial charge in [-0.2, -0.15) is 13.2 Å². The molecule has 1 amide bonds. The molecule has 1 atom stereocenters. The molecule has 1 heterocycles. The molecule has 176 valence electrons. The summed E-state index contributed by atoms with van der Waals surface area (Å²) in [6.45, 7) is 1.15. The molecule has 7 nitrogen and oxygen atoms in total. The first-order valence-electron chi connectivity index (χ1n) is 9.58. The number of hydrogen-bond acceptors (Lipinski definition) is 6. The Bertz CT molecular complexity index is 1260. The van der Waals surface area contributed by atoms with Crippen LogP contribution >= 0.6 is 0 Å². The maximum absolute atomic E-state index is 14.1. The van der Waals surface area contributed by atoms with Gasteiger partial charge in [-0.25, -0.2) is 13.6 Å². The molecule has 33 heavy (non-hydrogen) atoms. The van der Waals surface area contributed by atoms with Gasteiger partial charge in [-0.15, -0.1) is 0 Å². The molecule has 0 aliphatic heterocycles. The molecule has 3 aromatic rings. The van der Waals surface area contributed by atoms with Crippen LogP contribution in [0.2, 0.25) is 0 Å². The quantitative estimate of drug-likeness (QED) is 0.534. The molecule has 0 bridgehead atoms. The number of hydrogen-bond donors (Lipinski definition) is 2. The van der Waals surface area contributed by atoms with E-state index in [1.807, 2.05) is 5.32 Å². The molecule has 0 aliphatic rings. The number of likely N-dealkylation sites (N-methyl/N-ethyl adjacent to an activating group) is 1. The summed E-state index contributed by atoms with van der Waals surface area (Å²) in [5.74, 6) is -3.79. The van der Waals surface area contributed by atoms with Crippen molar-refractivity contribution in [1.82, 2.24) is 5.16 Å².